The molecule has 0 unspecified atom stereocenters. The first-order chi connectivity index (χ1) is 7.70. The molecule has 16 heavy (non-hydrogen) atoms. The fourth-order valence-electron chi connectivity index (χ4n) is 1.53. The number of rotatable bonds is 5. The molecule has 0 fully saturated rings. The van der Waals surface area contributed by atoms with Gasteiger partial charge in [0.05, 0.1) is 5.56 Å². The minimum Gasteiger partial charge on any atom is -0.339 e. The van der Waals surface area contributed by atoms with Gasteiger partial charge in [-0.1, -0.05) is 15.9 Å². The maximum absolute atomic E-state index is 12.2. The molecule has 88 valence electrons. The monoisotopic (exact) mass is 284 g/mol. The third kappa shape index (κ3) is 3.30. The molecular formula is C12H17BrN2O. The Kier molecular flexibility index (Phi) is 5.46. The van der Waals surface area contributed by atoms with Crippen molar-refractivity contribution >= 4 is 21.8 Å². The van der Waals surface area contributed by atoms with Gasteiger partial charge >= 0.3 is 0 Å². The molecule has 1 rings (SSSR count). The molecule has 0 atom stereocenters. The van der Waals surface area contributed by atoms with Gasteiger partial charge in [-0.05, 0) is 32.4 Å². The van der Waals surface area contributed by atoms with E-state index in [1.807, 2.05) is 24.8 Å². The Labute approximate surface area is 105 Å². The van der Waals surface area contributed by atoms with Crippen molar-refractivity contribution in [2.24, 2.45) is 0 Å². The van der Waals surface area contributed by atoms with Crippen LogP contribution in [0.2, 0.25) is 0 Å². The number of carbonyl (C=O) groups is 1. The fourth-order valence-corrected chi connectivity index (χ4v) is 1.79. The lowest BCUT2D eigenvalue weighted by Gasteiger charge is -2.21. The topological polar surface area (TPSA) is 33.2 Å². The average molecular weight is 285 g/mol. The Morgan fingerprint density at radius 1 is 1.56 bits per heavy atom. The molecule has 1 aromatic rings. The van der Waals surface area contributed by atoms with Crippen LogP contribution < -0.4 is 0 Å². The van der Waals surface area contributed by atoms with Crippen LogP contribution in [0.3, 0.4) is 0 Å². The molecule has 0 aliphatic heterocycles. The molecule has 1 heterocycles. The van der Waals surface area contributed by atoms with Crippen LogP contribution in [-0.2, 0) is 0 Å². The third-order valence-corrected chi connectivity index (χ3v) is 3.03. The van der Waals surface area contributed by atoms with Crippen LogP contribution in [0.4, 0.5) is 0 Å². The van der Waals surface area contributed by atoms with Crippen molar-refractivity contribution in [1.82, 2.24) is 9.88 Å². The lowest BCUT2D eigenvalue weighted by molar-refractivity contribution is 0.0764. The quantitative estimate of drug-likeness (QED) is 0.779. The lowest BCUT2D eigenvalue weighted by Crippen LogP contribution is -2.32. The van der Waals surface area contributed by atoms with Gasteiger partial charge in [0.1, 0.15) is 0 Å². The first-order valence-corrected chi connectivity index (χ1v) is 6.59. The Hall–Kier alpha value is -0.900. The first kappa shape index (κ1) is 13.2. The molecule has 0 spiro atoms. The molecule has 0 radical (unpaired) electrons. The van der Waals surface area contributed by atoms with Gasteiger partial charge in [0, 0.05) is 30.3 Å². The molecule has 0 saturated carbocycles. The molecular weight excluding hydrogens is 268 g/mol. The Morgan fingerprint density at radius 2 is 2.31 bits per heavy atom. The predicted octanol–water partition coefficient (Wildman–Crippen LogP) is 2.64. The zero-order valence-electron chi connectivity index (χ0n) is 9.74. The summed E-state index contributed by atoms with van der Waals surface area (Å²) in [6, 6.07) is 3.64. The molecule has 1 aromatic heterocycles. The summed E-state index contributed by atoms with van der Waals surface area (Å²) in [4.78, 5) is 18.2. The number of halogens is 1. The van der Waals surface area contributed by atoms with Gasteiger partial charge in [0.25, 0.3) is 5.91 Å². The predicted molar refractivity (Wildman–Crippen MR) is 69.0 cm³/mol. The van der Waals surface area contributed by atoms with Crippen LogP contribution in [0, 0.1) is 6.92 Å². The highest BCUT2D eigenvalue weighted by Gasteiger charge is 2.15. The second kappa shape index (κ2) is 6.63. The lowest BCUT2D eigenvalue weighted by atomic mass is 10.2. The van der Waals surface area contributed by atoms with Gasteiger partial charge in [-0.15, -0.1) is 0 Å². The van der Waals surface area contributed by atoms with Gasteiger partial charge < -0.3 is 4.90 Å². The summed E-state index contributed by atoms with van der Waals surface area (Å²) in [7, 11) is 0. The SMILES string of the molecule is CCN(CCCBr)C(=O)c1cccnc1C. The maximum atomic E-state index is 12.2. The summed E-state index contributed by atoms with van der Waals surface area (Å²) in [6.07, 6.45) is 2.68. The number of alkyl halides is 1. The van der Waals surface area contributed by atoms with Crippen molar-refractivity contribution in [3.63, 3.8) is 0 Å². The summed E-state index contributed by atoms with van der Waals surface area (Å²) >= 11 is 3.38. The average Bonchev–Trinajstić information content (AvgIpc) is 2.30. The molecule has 0 aliphatic rings. The summed E-state index contributed by atoms with van der Waals surface area (Å²) in [6.45, 7) is 5.39. The number of hydrogen-bond acceptors (Lipinski definition) is 2. The summed E-state index contributed by atoms with van der Waals surface area (Å²) < 4.78 is 0. The molecule has 0 bridgehead atoms. The summed E-state index contributed by atoms with van der Waals surface area (Å²) in [5.41, 5.74) is 1.50. The van der Waals surface area contributed by atoms with E-state index in [0.29, 0.717) is 5.56 Å². The molecule has 1 amide bonds. The van der Waals surface area contributed by atoms with Crippen molar-refractivity contribution in [3.05, 3.63) is 29.6 Å². The van der Waals surface area contributed by atoms with E-state index in [0.717, 1.165) is 30.5 Å². The number of pyridine rings is 1. The Balaban J connectivity index is 2.79. The maximum Gasteiger partial charge on any atom is 0.255 e. The van der Waals surface area contributed by atoms with Crippen LogP contribution in [0.5, 0.6) is 0 Å². The highest BCUT2D eigenvalue weighted by molar-refractivity contribution is 9.09. The van der Waals surface area contributed by atoms with Crippen LogP contribution in [0.15, 0.2) is 18.3 Å². The Bertz CT molecular complexity index is 355. The van der Waals surface area contributed by atoms with Gasteiger partial charge in [-0.2, -0.15) is 0 Å². The third-order valence-electron chi connectivity index (χ3n) is 2.47. The van der Waals surface area contributed by atoms with Crippen LogP contribution >= 0.6 is 15.9 Å². The van der Waals surface area contributed by atoms with Crippen LogP contribution in [-0.4, -0.2) is 34.2 Å². The van der Waals surface area contributed by atoms with E-state index in [1.54, 1.807) is 12.3 Å². The molecule has 0 aromatic carbocycles. The van der Waals surface area contributed by atoms with E-state index in [4.69, 9.17) is 0 Å². The minimum absolute atomic E-state index is 0.0778. The van der Waals surface area contributed by atoms with E-state index >= 15 is 0 Å². The first-order valence-electron chi connectivity index (χ1n) is 5.47. The summed E-state index contributed by atoms with van der Waals surface area (Å²) in [5, 5.41) is 0.919. The number of nitrogens with zero attached hydrogens (tertiary/aromatic N) is 2. The van der Waals surface area contributed by atoms with E-state index in [9.17, 15) is 4.79 Å². The van der Waals surface area contributed by atoms with Crippen molar-refractivity contribution in [1.29, 1.82) is 0 Å². The van der Waals surface area contributed by atoms with Crippen LogP contribution in [0.1, 0.15) is 29.4 Å². The fraction of sp³-hybridized carbons (Fsp3) is 0.500. The molecule has 0 saturated heterocycles. The molecule has 0 aliphatic carbocycles. The van der Waals surface area contributed by atoms with E-state index in [1.165, 1.54) is 0 Å². The van der Waals surface area contributed by atoms with Gasteiger partial charge in [0.2, 0.25) is 0 Å². The zero-order valence-corrected chi connectivity index (χ0v) is 11.3. The number of aryl methyl sites for hydroxylation is 1. The Morgan fingerprint density at radius 3 is 2.88 bits per heavy atom. The number of carbonyl (C=O) groups excluding carboxylic acids is 1. The van der Waals surface area contributed by atoms with Gasteiger partial charge in [-0.3, -0.25) is 9.78 Å². The second-order valence-corrected chi connectivity index (χ2v) is 4.36. The van der Waals surface area contributed by atoms with E-state index in [2.05, 4.69) is 20.9 Å². The van der Waals surface area contributed by atoms with Crippen molar-refractivity contribution < 1.29 is 4.79 Å². The standard InChI is InChI=1S/C12H17BrN2O/c1-3-15(9-5-7-13)12(16)11-6-4-8-14-10(11)2/h4,6,8H,3,5,7,9H2,1-2H3. The zero-order chi connectivity index (χ0) is 12.0. The number of amides is 1. The normalized spacial score (nSPS) is 10.2. The number of aromatic nitrogens is 1. The number of hydrogen-bond donors (Lipinski definition) is 0. The van der Waals surface area contributed by atoms with Gasteiger partial charge in [-0.25, -0.2) is 0 Å². The van der Waals surface area contributed by atoms with Crippen molar-refractivity contribution in [2.75, 3.05) is 18.4 Å². The highest BCUT2D eigenvalue weighted by Crippen LogP contribution is 2.08. The summed E-state index contributed by atoms with van der Waals surface area (Å²) in [5.74, 6) is 0.0778. The molecule has 4 heteroatoms. The van der Waals surface area contributed by atoms with Crippen LogP contribution in [0.25, 0.3) is 0 Å². The van der Waals surface area contributed by atoms with Gasteiger partial charge in [0.15, 0.2) is 0 Å². The van der Waals surface area contributed by atoms with Crippen molar-refractivity contribution in [2.45, 2.75) is 20.3 Å². The minimum atomic E-state index is 0.0778. The van der Waals surface area contributed by atoms with E-state index < -0.39 is 0 Å². The molecule has 0 N–H and O–H groups in total. The van der Waals surface area contributed by atoms with Crippen molar-refractivity contribution in [3.8, 4) is 0 Å². The highest BCUT2D eigenvalue weighted by atomic mass is 79.9. The second-order valence-electron chi connectivity index (χ2n) is 3.56. The molecule has 3 nitrogen and oxygen atoms in total. The smallest absolute Gasteiger partial charge is 0.255 e. The largest absolute Gasteiger partial charge is 0.339 e. The van der Waals surface area contributed by atoms with E-state index in [-0.39, 0.29) is 5.91 Å².